The quantitative estimate of drug-likeness (QED) is 0.730. The van der Waals surface area contributed by atoms with Crippen molar-refractivity contribution >= 4 is 28.4 Å². The van der Waals surface area contributed by atoms with Crippen LogP contribution in [-0.4, -0.2) is 51.8 Å². The van der Waals surface area contributed by atoms with Crippen LogP contribution >= 0.6 is 11.6 Å². The third kappa shape index (κ3) is 3.53. The van der Waals surface area contributed by atoms with E-state index < -0.39 is 6.10 Å². The van der Waals surface area contributed by atoms with Crippen molar-refractivity contribution in [3.8, 4) is 0 Å². The first-order valence-electron chi connectivity index (χ1n) is 10.2. The van der Waals surface area contributed by atoms with Crippen LogP contribution in [0.4, 0.5) is 0 Å². The second kappa shape index (κ2) is 7.65. The number of fused-ring (bicyclic) bond motifs is 1. The maximum atomic E-state index is 12.7. The second-order valence-electron chi connectivity index (χ2n) is 8.80. The molecule has 2 aliphatic heterocycles. The summed E-state index contributed by atoms with van der Waals surface area (Å²) in [6, 6.07) is 3.68. The van der Waals surface area contributed by atoms with E-state index in [9.17, 15) is 9.90 Å². The van der Waals surface area contributed by atoms with Gasteiger partial charge in [-0.25, -0.2) is 0 Å². The SMILES string of the molecule is CC(C)(C1CCN(C(=O)[C@H]2CCCN2)CC1)[C@H](O)c1cc(Cl)cc2cn[nH]c12. The molecule has 0 spiro atoms. The van der Waals surface area contributed by atoms with Crippen molar-refractivity contribution in [2.24, 2.45) is 11.3 Å². The third-order valence-electron chi connectivity index (χ3n) is 6.76. The number of nitrogens with zero attached hydrogens (tertiary/aromatic N) is 2. The van der Waals surface area contributed by atoms with Crippen LogP contribution in [-0.2, 0) is 4.79 Å². The maximum Gasteiger partial charge on any atom is 0.239 e. The minimum Gasteiger partial charge on any atom is -0.388 e. The van der Waals surface area contributed by atoms with Gasteiger partial charge in [0.25, 0.3) is 0 Å². The fraction of sp³-hybridized carbons (Fsp3) is 0.619. The molecule has 2 saturated heterocycles. The van der Waals surface area contributed by atoms with Gasteiger partial charge in [-0.15, -0.1) is 0 Å². The summed E-state index contributed by atoms with van der Waals surface area (Å²) in [7, 11) is 0. The molecule has 7 heteroatoms. The monoisotopic (exact) mass is 404 g/mol. The van der Waals surface area contributed by atoms with Crippen LogP contribution < -0.4 is 5.32 Å². The zero-order chi connectivity index (χ0) is 19.9. The molecule has 2 aromatic rings. The molecule has 0 radical (unpaired) electrons. The topological polar surface area (TPSA) is 81.2 Å². The highest BCUT2D eigenvalue weighted by atomic mass is 35.5. The van der Waals surface area contributed by atoms with Crippen molar-refractivity contribution in [2.75, 3.05) is 19.6 Å². The average Bonchev–Trinajstić information content (AvgIpc) is 3.38. The first-order chi connectivity index (χ1) is 13.4. The van der Waals surface area contributed by atoms with E-state index in [1.165, 1.54) is 0 Å². The third-order valence-corrected chi connectivity index (χ3v) is 6.98. The number of aromatic amines is 1. The van der Waals surface area contributed by atoms with Gasteiger partial charge in [-0.3, -0.25) is 9.89 Å². The van der Waals surface area contributed by atoms with Crippen molar-refractivity contribution in [1.29, 1.82) is 0 Å². The minimum absolute atomic E-state index is 0.00438. The van der Waals surface area contributed by atoms with Gasteiger partial charge in [0.15, 0.2) is 0 Å². The van der Waals surface area contributed by atoms with Crippen molar-refractivity contribution in [3.05, 3.63) is 28.9 Å². The molecule has 0 bridgehead atoms. The number of aromatic nitrogens is 2. The molecule has 6 nitrogen and oxygen atoms in total. The Bertz CT molecular complexity index is 851. The van der Waals surface area contributed by atoms with E-state index >= 15 is 0 Å². The summed E-state index contributed by atoms with van der Waals surface area (Å²) in [5.41, 5.74) is 1.28. The molecule has 0 aliphatic carbocycles. The Hall–Kier alpha value is -1.63. The van der Waals surface area contributed by atoms with E-state index in [2.05, 4.69) is 29.4 Å². The number of carbonyl (C=O) groups is 1. The van der Waals surface area contributed by atoms with Gasteiger partial charge in [0, 0.05) is 29.1 Å². The van der Waals surface area contributed by atoms with E-state index in [0.717, 1.165) is 61.8 Å². The highest BCUT2D eigenvalue weighted by Crippen LogP contribution is 2.46. The van der Waals surface area contributed by atoms with Crippen molar-refractivity contribution in [2.45, 2.75) is 51.7 Å². The van der Waals surface area contributed by atoms with E-state index in [1.807, 2.05) is 17.0 Å². The zero-order valence-corrected chi connectivity index (χ0v) is 17.3. The number of hydrogen-bond acceptors (Lipinski definition) is 4. The van der Waals surface area contributed by atoms with Crippen molar-refractivity contribution in [3.63, 3.8) is 0 Å². The number of halogens is 1. The normalized spacial score (nSPS) is 22.7. The molecule has 2 aliphatic rings. The Balaban J connectivity index is 1.47. The first-order valence-corrected chi connectivity index (χ1v) is 10.6. The molecular weight excluding hydrogens is 376 g/mol. The van der Waals surface area contributed by atoms with E-state index in [0.29, 0.717) is 10.9 Å². The van der Waals surface area contributed by atoms with Gasteiger partial charge in [-0.1, -0.05) is 25.4 Å². The number of benzene rings is 1. The van der Waals surface area contributed by atoms with Gasteiger partial charge in [0.2, 0.25) is 5.91 Å². The van der Waals surface area contributed by atoms with Crippen LogP contribution in [0.25, 0.3) is 10.9 Å². The predicted octanol–water partition coefficient (Wildman–Crippen LogP) is 3.27. The van der Waals surface area contributed by atoms with Crippen LogP contribution in [0.5, 0.6) is 0 Å². The molecule has 4 rings (SSSR count). The Morgan fingerprint density at radius 2 is 2.07 bits per heavy atom. The molecule has 3 N–H and O–H groups in total. The summed E-state index contributed by atoms with van der Waals surface area (Å²) in [5, 5.41) is 23.2. The maximum absolute atomic E-state index is 12.7. The number of carbonyl (C=O) groups excluding carboxylic acids is 1. The highest BCUT2D eigenvalue weighted by molar-refractivity contribution is 6.31. The summed E-state index contributed by atoms with van der Waals surface area (Å²) in [6.45, 7) is 6.68. The lowest BCUT2D eigenvalue weighted by molar-refractivity contribution is -0.135. The van der Waals surface area contributed by atoms with Crippen LogP contribution in [0.1, 0.15) is 51.2 Å². The Morgan fingerprint density at radius 1 is 1.32 bits per heavy atom. The van der Waals surface area contributed by atoms with E-state index in [-0.39, 0.29) is 17.4 Å². The van der Waals surface area contributed by atoms with Gasteiger partial charge in [0.1, 0.15) is 0 Å². The Morgan fingerprint density at radius 3 is 2.75 bits per heavy atom. The summed E-state index contributed by atoms with van der Waals surface area (Å²) in [6.07, 6.45) is 4.87. The molecule has 1 aromatic heterocycles. The number of piperidine rings is 1. The van der Waals surface area contributed by atoms with Gasteiger partial charge in [-0.05, 0) is 55.7 Å². The van der Waals surface area contributed by atoms with E-state index in [1.54, 1.807) is 6.20 Å². The molecule has 2 fully saturated rings. The highest BCUT2D eigenvalue weighted by Gasteiger charge is 2.41. The van der Waals surface area contributed by atoms with Gasteiger partial charge in [-0.2, -0.15) is 5.10 Å². The molecule has 2 atom stereocenters. The smallest absolute Gasteiger partial charge is 0.239 e. The number of likely N-dealkylation sites (tertiary alicyclic amines) is 1. The lowest BCUT2D eigenvalue weighted by atomic mass is 9.68. The molecule has 3 heterocycles. The molecular formula is C21H29ClN4O2. The fourth-order valence-corrected chi connectivity index (χ4v) is 5.08. The van der Waals surface area contributed by atoms with Crippen LogP contribution in [0.2, 0.25) is 5.02 Å². The van der Waals surface area contributed by atoms with Crippen molar-refractivity contribution in [1.82, 2.24) is 20.4 Å². The number of aliphatic hydroxyl groups excluding tert-OH is 1. The summed E-state index contributed by atoms with van der Waals surface area (Å²) in [5.74, 6) is 0.559. The standard InChI is InChI=1S/C21H29ClN4O2/c1-21(2,19(27)16-11-15(22)10-13-12-24-25-18(13)16)14-5-8-26(9-6-14)20(28)17-4-3-7-23-17/h10-12,14,17,19,23,27H,3-9H2,1-2H3,(H,24,25)/t17-,19-/m1/s1. The molecule has 1 aromatic carbocycles. The largest absolute Gasteiger partial charge is 0.388 e. The second-order valence-corrected chi connectivity index (χ2v) is 9.24. The number of rotatable bonds is 4. The van der Waals surface area contributed by atoms with Crippen LogP contribution in [0.15, 0.2) is 18.3 Å². The van der Waals surface area contributed by atoms with Gasteiger partial charge < -0.3 is 15.3 Å². The van der Waals surface area contributed by atoms with Gasteiger partial charge in [0.05, 0.1) is 23.9 Å². The number of hydrogen-bond donors (Lipinski definition) is 3. The van der Waals surface area contributed by atoms with Crippen molar-refractivity contribution < 1.29 is 9.90 Å². The van der Waals surface area contributed by atoms with Crippen LogP contribution in [0.3, 0.4) is 0 Å². The first kappa shape index (κ1) is 19.7. The molecule has 152 valence electrons. The predicted molar refractivity (Wildman–Crippen MR) is 110 cm³/mol. The van der Waals surface area contributed by atoms with E-state index in [4.69, 9.17) is 11.6 Å². The molecule has 0 unspecified atom stereocenters. The molecule has 1 amide bonds. The number of amides is 1. The molecule has 28 heavy (non-hydrogen) atoms. The zero-order valence-electron chi connectivity index (χ0n) is 16.5. The number of H-pyrrole nitrogens is 1. The summed E-state index contributed by atoms with van der Waals surface area (Å²) in [4.78, 5) is 14.6. The number of aliphatic hydroxyl groups is 1. The fourth-order valence-electron chi connectivity index (χ4n) is 4.85. The van der Waals surface area contributed by atoms with Gasteiger partial charge >= 0.3 is 0 Å². The summed E-state index contributed by atoms with van der Waals surface area (Å²) >= 11 is 6.27. The number of nitrogens with one attached hydrogen (secondary N) is 2. The lowest BCUT2D eigenvalue weighted by Gasteiger charge is -2.43. The molecule has 0 saturated carbocycles. The lowest BCUT2D eigenvalue weighted by Crippen LogP contribution is -2.49. The average molecular weight is 405 g/mol. The Labute approximate surface area is 170 Å². The minimum atomic E-state index is -0.669. The Kier molecular flexibility index (Phi) is 5.38. The summed E-state index contributed by atoms with van der Waals surface area (Å²) < 4.78 is 0. The van der Waals surface area contributed by atoms with Crippen LogP contribution in [0, 0.1) is 11.3 Å².